The second-order valence-corrected chi connectivity index (χ2v) is 7.46. The van der Waals surface area contributed by atoms with Gasteiger partial charge in [-0.05, 0) is 43.0 Å². The molecule has 0 bridgehead atoms. The molecule has 156 valence electrons. The van der Waals surface area contributed by atoms with Crippen LogP contribution in [-0.2, 0) is 17.8 Å². The third-order valence-corrected chi connectivity index (χ3v) is 5.40. The number of pyridine rings is 1. The van der Waals surface area contributed by atoms with E-state index < -0.39 is 0 Å². The van der Waals surface area contributed by atoms with Gasteiger partial charge in [-0.15, -0.1) is 0 Å². The molecule has 0 spiro atoms. The van der Waals surface area contributed by atoms with E-state index in [9.17, 15) is 9.59 Å². The number of ether oxygens (including phenoxy) is 1. The average Bonchev–Trinajstić information content (AvgIpc) is 3.23. The molecule has 4 rings (SSSR count). The van der Waals surface area contributed by atoms with Crippen molar-refractivity contribution in [1.29, 1.82) is 0 Å². The van der Waals surface area contributed by atoms with E-state index in [0.717, 1.165) is 36.3 Å². The number of carbonyl (C=O) groups excluding carboxylic acids is 1. The molecule has 1 amide bonds. The largest absolute Gasteiger partial charge is 0.497 e. The molecule has 2 aromatic heterocycles. The van der Waals surface area contributed by atoms with E-state index in [1.54, 1.807) is 36.5 Å². The Kier molecular flexibility index (Phi) is 5.97. The zero-order chi connectivity index (χ0) is 20.9. The molecule has 0 saturated carbocycles. The van der Waals surface area contributed by atoms with Crippen LogP contribution in [0.4, 0.5) is 0 Å². The van der Waals surface area contributed by atoms with Gasteiger partial charge in [0.1, 0.15) is 24.1 Å². The predicted octanol–water partition coefficient (Wildman–Crippen LogP) is 3.19. The van der Waals surface area contributed by atoms with Gasteiger partial charge in [0.25, 0.3) is 5.56 Å². The molecule has 7 nitrogen and oxygen atoms in total. The van der Waals surface area contributed by atoms with E-state index in [4.69, 9.17) is 9.15 Å². The Morgan fingerprint density at radius 3 is 2.97 bits per heavy atom. The van der Waals surface area contributed by atoms with Gasteiger partial charge >= 0.3 is 0 Å². The molecule has 0 radical (unpaired) electrons. The van der Waals surface area contributed by atoms with Crippen molar-refractivity contribution in [1.82, 2.24) is 14.5 Å². The first-order chi connectivity index (χ1) is 14.6. The van der Waals surface area contributed by atoms with Crippen molar-refractivity contribution in [2.45, 2.75) is 38.3 Å². The summed E-state index contributed by atoms with van der Waals surface area (Å²) >= 11 is 0. The van der Waals surface area contributed by atoms with Gasteiger partial charge < -0.3 is 18.6 Å². The second kappa shape index (κ2) is 8.98. The average molecular weight is 407 g/mol. The number of oxazole rings is 1. The number of carbonyl (C=O) groups is 1. The zero-order valence-corrected chi connectivity index (χ0v) is 17.0. The monoisotopic (exact) mass is 407 g/mol. The van der Waals surface area contributed by atoms with Gasteiger partial charge in [0.15, 0.2) is 0 Å². The Hall–Kier alpha value is -3.35. The van der Waals surface area contributed by atoms with Gasteiger partial charge in [-0.25, -0.2) is 4.98 Å². The molecule has 1 aromatic carbocycles. The van der Waals surface area contributed by atoms with E-state index in [2.05, 4.69) is 4.98 Å². The number of rotatable bonds is 6. The van der Waals surface area contributed by atoms with Gasteiger partial charge in [0.2, 0.25) is 11.8 Å². The minimum absolute atomic E-state index is 0.0214. The Morgan fingerprint density at radius 1 is 1.23 bits per heavy atom. The van der Waals surface area contributed by atoms with Crippen molar-refractivity contribution in [3.8, 4) is 5.75 Å². The zero-order valence-electron chi connectivity index (χ0n) is 17.0. The van der Waals surface area contributed by atoms with Crippen molar-refractivity contribution in [2.24, 2.45) is 0 Å². The summed E-state index contributed by atoms with van der Waals surface area (Å²) in [7, 11) is 1.64. The molecule has 3 aromatic rings. The van der Waals surface area contributed by atoms with Crippen LogP contribution in [0.1, 0.15) is 42.5 Å². The quantitative estimate of drug-likeness (QED) is 0.627. The van der Waals surface area contributed by atoms with E-state index in [0.29, 0.717) is 18.9 Å². The highest BCUT2D eigenvalue weighted by Crippen LogP contribution is 2.31. The number of methoxy groups -OCH3 is 1. The first kappa shape index (κ1) is 19.9. The highest BCUT2D eigenvalue weighted by Gasteiger charge is 2.31. The minimum Gasteiger partial charge on any atom is -0.497 e. The molecule has 0 aliphatic carbocycles. The number of nitrogens with zero attached hydrogens (tertiary/aromatic N) is 3. The third kappa shape index (κ3) is 4.45. The molecule has 7 heteroatoms. The molecular weight excluding hydrogens is 382 g/mol. The maximum absolute atomic E-state index is 13.0. The van der Waals surface area contributed by atoms with Crippen molar-refractivity contribution in [2.75, 3.05) is 13.7 Å². The van der Waals surface area contributed by atoms with Gasteiger partial charge in [-0.2, -0.15) is 0 Å². The fourth-order valence-electron chi connectivity index (χ4n) is 3.86. The smallest absolute Gasteiger partial charge is 0.250 e. The lowest BCUT2D eigenvalue weighted by Gasteiger charge is -2.34. The van der Waals surface area contributed by atoms with Gasteiger partial charge in [0, 0.05) is 25.2 Å². The van der Waals surface area contributed by atoms with Crippen molar-refractivity contribution in [3.63, 3.8) is 0 Å². The Bertz CT molecular complexity index is 1070. The normalized spacial score (nSPS) is 16.4. The second-order valence-electron chi connectivity index (χ2n) is 7.46. The summed E-state index contributed by atoms with van der Waals surface area (Å²) in [6.45, 7) is 0.659. The van der Waals surface area contributed by atoms with Crippen molar-refractivity contribution in [3.05, 3.63) is 82.4 Å². The maximum Gasteiger partial charge on any atom is 0.250 e. The van der Waals surface area contributed by atoms with Crippen LogP contribution < -0.4 is 10.3 Å². The Labute approximate surface area is 174 Å². The van der Waals surface area contributed by atoms with E-state index in [-0.39, 0.29) is 24.1 Å². The fraction of sp³-hybridized carbons (Fsp3) is 0.348. The summed E-state index contributed by atoms with van der Waals surface area (Å²) in [6, 6.07) is 12.5. The molecule has 1 aliphatic rings. The predicted molar refractivity (Wildman–Crippen MR) is 111 cm³/mol. The molecule has 1 saturated heterocycles. The van der Waals surface area contributed by atoms with Gasteiger partial charge in [-0.1, -0.05) is 18.2 Å². The van der Waals surface area contributed by atoms with E-state index in [1.807, 2.05) is 24.3 Å². The van der Waals surface area contributed by atoms with Crippen LogP contribution in [0.25, 0.3) is 0 Å². The first-order valence-corrected chi connectivity index (χ1v) is 10.2. The highest BCUT2D eigenvalue weighted by molar-refractivity contribution is 5.76. The molecule has 0 N–H and O–H groups in total. The summed E-state index contributed by atoms with van der Waals surface area (Å²) in [4.78, 5) is 31.2. The summed E-state index contributed by atoms with van der Waals surface area (Å²) in [5.74, 6) is 2.00. The number of hydrogen-bond donors (Lipinski definition) is 0. The lowest BCUT2D eigenvalue weighted by molar-refractivity contribution is -0.136. The lowest BCUT2D eigenvalue weighted by atomic mass is 10.0. The number of benzene rings is 1. The first-order valence-electron chi connectivity index (χ1n) is 10.2. The molecular formula is C23H25N3O4. The van der Waals surface area contributed by atoms with Gasteiger partial charge in [-0.3, -0.25) is 9.59 Å². The molecule has 1 fully saturated rings. The van der Waals surface area contributed by atoms with E-state index in [1.165, 1.54) is 10.6 Å². The topological polar surface area (TPSA) is 77.6 Å². The van der Waals surface area contributed by atoms with Crippen molar-refractivity contribution < 1.29 is 13.9 Å². The number of likely N-dealkylation sites (tertiary alicyclic amines) is 1. The highest BCUT2D eigenvalue weighted by atomic mass is 16.5. The molecule has 1 atom stereocenters. The fourth-order valence-corrected chi connectivity index (χ4v) is 3.86. The number of hydrogen-bond acceptors (Lipinski definition) is 5. The SMILES string of the molecule is COc1cccc(Cc2cnc(C3CCCCN3C(=O)Cn3ccccc3=O)o2)c1. The third-order valence-electron chi connectivity index (χ3n) is 5.40. The van der Waals surface area contributed by atoms with Crippen LogP contribution in [0, 0.1) is 0 Å². The Balaban J connectivity index is 1.49. The molecule has 3 heterocycles. The van der Waals surface area contributed by atoms with E-state index >= 15 is 0 Å². The van der Waals surface area contributed by atoms with Crippen LogP contribution in [0.2, 0.25) is 0 Å². The standard InChI is InChI=1S/C23H25N3O4/c1-29-18-8-6-7-17(13-18)14-19-15-24-23(30-19)20-9-2-5-12-26(20)22(28)16-25-11-4-3-10-21(25)27/h3-4,6-8,10-11,13,15,20H,2,5,9,12,14,16H2,1H3. The van der Waals surface area contributed by atoms with Crippen LogP contribution in [0.3, 0.4) is 0 Å². The minimum atomic E-state index is -0.204. The Morgan fingerprint density at radius 2 is 2.13 bits per heavy atom. The summed E-state index contributed by atoms with van der Waals surface area (Å²) in [5.41, 5.74) is 0.883. The van der Waals surface area contributed by atoms with Crippen LogP contribution in [0.5, 0.6) is 5.75 Å². The van der Waals surface area contributed by atoms with Crippen LogP contribution in [-0.4, -0.2) is 34.0 Å². The molecule has 30 heavy (non-hydrogen) atoms. The van der Waals surface area contributed by atoms with Crippen molar-refractivity contribution >= 4 is 5.91 Å². The number of amides is 1. The number of piperidine rings is 1. The summed E-state index contributed by atoms with van der Waals surface area (Å²) in [5, 5.41) is 0. The molecule has 1 aliphatic heterocycles. The van der Waals surface area contributed by atoms with Gasteiger partial charge in [0.05, 0.1) is 13.3 Å². The number of aromatic nitrogens is 2. The maximum atomic E-state index is 13.0. The summed E-state index contributed by atoms with van der Waals surface area (Å²) < 4.78 is 12.7. The lowest BCUT2D eigenvalue weighted by Crippen LogP contribution is -2.41. The molecule has 1 unspecified atom stereocenters. The van der Waals surface area contributed by atoms with Crippen LogP contribution in [0.15, 0.2) is 64.1 Å². The van der Waals surface area contributed by atoms with Crippen LogP contribution >= 0.6 is 0 Å². The summed E-state index contributed by atoms with van der Waals surface area (Å²) in [6.07, 6.45) is 6.71.